The minimum absolute atomic E-state index is 0.275. The molecule has 0 amide bonds. The molecule has 0 aromatic heterocycles. The Morgan fingerprint density at radius 2 is 2.05 bits per heavy atom. The second kappa shape index (κ2) is 6.80. The Morgan fingerprint density at radius 3 is 2.67 bits per heavy atom. The van der Waals surface area contributed by atoms with Crippen molar-refractivity contribution in [1.29, 1.82) is 0 Å². The Morgan fingerprint density at radius 1 is 1.24 bits per heavy atom. The predicted molar refractivity (Wildman–Crippen MR) is 78.4 cm³/mol. The fourth-order valence-electron chi connectivity index (χ4n) is 2.19. The van der Waals surface area contributed by atoms with Gasteiger partial charge in [-0.05, 0) is 25.5 Å². The van der Waals surface area contributed by atoms with Gasteiger partial charge in [-0.25, -0.2) is 0 Å². The number of non-ortho nitro benzene ring substituents is 1. The summed E-state index contributed by atoms with van der Waals surface area (Å²) in [5.41, 5.74) is 1.06. The van der Waals surface area contributed by atoms with E-state index < -0.39 is 9.85 Å². The van der Waals surface area contributed by atoms with Crippen molar-refractivity contribution in [2.45, 2.75) is 12.8 Å². The Balaban J connectivity index is 2.03. The van der Waals surface area contributed by atoms with E-state index in [1.54, 1.807) is 0 Å². The van der Waals surface area contributed by atoms with Gasteiger partial charge in [0.15, 0.2) is 0 Å². The van der Waals surface area contributed by atoms with Gasteiger partial charge >= 0.3 is 0 Å². The quantitative estimate of drug-likeness (QED) is 0.472. The summed E-state index contributed by atoms with van der Waals surface area (Å²) in [7, 11) is 0. The second-order valence-electron chi connectivity index (χ2n) is 4.71. The Kier molecular flexibility index (Phi) is 4.83. The van der Waals surface area contributed by atoms with Crippen molar-refractivity contribution in [3.63, 3.8) is 0 Å². The molecule has 0 unspecified atom stereocenters. The first-order valence-electron chi connectivity index (χ1n) is 6.63. The second-order valence-corrected chi connectivity index (χ2v) is 4.71. The highest BCUT2D eigenvalue weighted by Gasteiger charge is 2.19. The van der Waals surface area contributed by atoms with Gasteiger partial charge in [-0.3, -0.25) is 20.2 Å². The number of hydrogen-bond acceptors (Lipinski definition) is 6. The number of nitrogens with one attached hydrogen (secondary N) is 2. The van der Waals surface area contributed by atoms with Crippen molar-refractivity contribution in [1.82, 2.24) is 5.32 Å². The summed E-state index contributed by atoms with van der Waals surface area (Å²) in [5, 5.41) is 27.8. The molecule has 1 heterocycles. The van der Waals surface area contributed by atoms with Crippen LogP contribution >= 0.6 is 0 Å². The number of nitro groups is 2. The number of rotatable bonds is 6. The van der Waals surface area contributed by atoms with Gasteiger partial charge in [0.05, 0.1) is 15.9 Å². The number of benzene rings is 1. The molecule has 8 nitrogen and oxygen atoms in total. The van der Waals surface area contributed by atoms with Crippen molar-refractivity contribution in [3.05, 3.63) is 50.1 Å². The van der Waals surface area contributed by atoms with Crippen LogP contribution in [0.3, 0.4) is 0 Å². The summed E-state index contributed by atoms with van der Waals surface area (Å²) in [4.78, 5) is 20.4. The van der Waals surface area contributed by atoms with Gasteiger partial charge in [-0.15, -0.1) is 0 Å². The first-order chi connectivity index (χ1) is 10.1. The van der Waals surface area contributed by atoms with Gasteiger partial charge in [0, 0.05) is 19.2 Å². The number of anilines is 1. The van der Waals surface area contributed by atoms with Gasteiger partial charge in [-0.1, -0.05) is 11.6 Å². The minimum atomic E-state index is -0.642. The van der Waals surface area contributed by atoms with E-state index in [2.05, 4.69) is 16.7 Å². The molecule has 21 heavy (non-hydrogen) atoms. The summed E-state index contributed by atoms with van der Waals surface area (Å²) < 4.78 is 0. The molecule has 0 spiro atoms. The van der Waals surface area contributed by atoms with Crippen LogP contribution in [0.25, 0.3) is 0 Å². The summed E-state index contributed by atoms with van der Waals surface area (Å²) >= 11 is 0. The van der Waals surface area contributed by atoms with E-state index in [9.17, 15) is 20.2 Å². The van der Waals surface area contributed by atoms with Crippen LogP contribution in [-0.4, -0.2) is 29.5 Å². The SMILES string of the molecule is O=[N+]([O-])c1ccc(NCCC2=CCNCC2)c([N+](=O)[O-])c1. The van der Waals surface area contributed by atoms with Gasteiger partial charge in [0.2, 0.25) is 0 Å². The van der Waals surface area contributed by atoms with Crippen molar-refractivity contribution < 1.29 is 9.85 Å². The van der Waals surface area contributed by atoms with Crippen LogP contribution in [0, 0.1) is 20.2 Å². The van der Waals surface area contributed by atoms with Gasteiger partial charge in [0.25, 0.3) is 11.4 Å². The van der Waals surface area contributed by atoms with E-state index in [4.69, 9.17) is 0 Å². The molecule has 0 atom stereocenters. The van der Waals surface area contributed by atoms with Crippen molar-refractivity contribution in [2.75, 3.05) is 25.0 Å². The molecular formula is C13H16N4O4. The van der Waals surface area contributed by atoms with E-state index in [1.807, 2.05) is 0 Å². The van der Waals surface area contributed by atoms with Crippen molar-refractivity contribution >= 4 is 17.1 Å². The van der Waals surface area contributed by atoms with E-state index in [-0.39, 0.29) is 11.4 Å². The van der Waals surface area contributed by atoms with Crippen LogP contribution in [0.2, 0.25) is 0 Å². The zero-order chi connectivity index (χ0) is 15.2. The third kappa shape index (κ3) is 3.99. The molecule has 0 saturated heterocycles. The summed E-state index contributed by atoms with van der Waals surface area (Å²) in [5.74, 6) is 0. The molecule has 0 radical (unpaired) electrons. The predicted octanol–water partition coefficient (Wildman–Crippen LogP) is 2.22. The highest BCUT2D eigenvalue weighted by molar-refractivity contribution is 5.65. The maximum atomic E-state index is 11.0. The van der Waals surface area contributed by atoms with Crippen molar-refractivity contribution in [3.8, 4) is 0 Å². The fraction of sp³-hybridized carbons (Fsp3) is 0.385. The zero-order valence-corrected chi connectivity index (χ0v) is 11.4. The van der Waals surface area contributed by atoms with Crippen LogP contribution in [0.1, 0.15) is 12.8 Å². The number of nitro benzene ring substituents is 2. The lowest BCUT2D eigenvalue weighted by Gasteiger charge is -2.14. The van der Waals surface area contributed by atoms with E-state index >= 15 is 0 Å². The molecule has 1 aliphatic rings. The van der Waals surface area contributed by atoms with E-state index in [1.165, 1.54) is 17.7 Å². The topological polar surface area (TPSA) is 110 Å². The molecule has 2 rings (SSSR count). The Bertz CT molecular complexity index is 586. The Labute approximate surface area is 121 Å². The fourth-order valence-corrected chi connectivity index (χ4v) is 2.19. The average molecular weight is 292 g/mol. The zero-order valence-electron chi connectivity index (χ0n) is 11.4. The van der Waals surface area contributed by atoms with Gasteiger partial charge < -0.3 is 10.6 Å². The van der Waals surface area contributed by atoms with E-state index in [0.29, 0.717) is 12.2 Å². The summed E-state index contributed by atoms with van der Waals surface area (Å²) in [6, 6.07) is 3.62. The highest BCUT2D eigenvalue weighted by Crippen LogP contribution is 2.29. The molecule has 0 fully saturated rings. The van der Waals surface area contributed by atoms with Crippen LogP contribution in [-0.2, 0) is 0 Å². The number of nitrogens with zero attached hydrogens (tertiary/aromatic N) is 2. The normalized spacial score (nSPS) is 14.4. The van der Waals surface area contributed by atoms with Gasteiger partial charge in [0.1, 0.15) is 5.69 Å². The lowest BCUT2D eigenvalue weighted by molar-refractivity contribution is -0.393. The highest BCUT2D eigenvalue weighted by atomic mass is 16.6. The monoisotopic (exact) mass is 292 g/mol. The number of hydrogen-bond donors (Lipinski definition) is 2. The molecule has 2 N–H and O–H groups in total. The molecule has 1 aromatic rings. The third-order valence-corrected chi connectivity index (χ3v) is 3.31. The lowest BCUT2D eigenvalue weighted by Crippen LogP contribution is -2.21. The first kappa shape index (κ1) is 14.9. The maximum absolute atomic E-state index is 11.0. The van der Waals surface area contributed by atoms with E-state index in [0.717, 1.165) is 32.0 Å². The third-order valence-electron chi connectivity index (χ3n) is 3.31. The molecule has 112 valence electrons. The van der Waals surface area contributed by atoms with Crippen molar-refractivity contribution in [2.24, 2.45) is 0 Å². The van der Waals surface area contributed by atoms with Crippen LogP contribution in [0.15, 0.2) is 29.8 Å². The minimum Gasteiger partial charge on any atom is -0.379 e. The molecular weight excluding hydrogens is 276 g/mol. The lowest BCUT2D eigenvalue weighted by atomic mass is 10.1. The Hall–Kier alpha value is -2.48. The molecule has 0 aliphatic carbocycles. The largest absolute Gasteiger partial charge is 0.379 e. The van der Waals surface area contributed by atoms with Gasteiger partial charge in [-0.2, -0.15) is 0 Å². The molecule has 1 aliphatic heterocycles. The first-order valence-corrected chi connectivity index (χ1v) is 6.63. The average Bonchev–Trinajstić information content (AvgIpc) is 2.48. The van der Waals surface area contributed by atoms with Crippen LogP contribution in [0.5, 0.6) is 0 Å². The summed E-state index contributed by atoms with van der Waals surface area (Å²) in [6.45, 7) is 2.36. The van der Waals surface area contributed by atoms with Crippen LogP contribution < -0.4 is 10.6 Å². The molecule has 8 heteroatoms. The molecule has 0 bridgehead atoms. The molecule has 1 aromatic carbocycles. The maximum Gasteiger partial charge on any atom is 0.299 e. The summed E-state index contributed by atoms with van der Waals surface area (Å²) in [6.07, 6.45) is 3.90. The standard InChI is InChI=1S/C13H16N4O4/c18-16(19)11-1-2-12(13(9-11)17(20)21)15-8-5-10-3-6-14-7-4-10/h1-3,9,14-15H,4-8H2. The molecule has 0 saturated carbocycles. The van der Waals surface area contributed by atoms with Crippen LogP contribution in [0.4, 0.5) is 17.1 Å². The smallest absolute Gasteiger partial charge is 0.299 e.